The molecule has 1 heterocycles. The van der Waals surface area contributed by atoms with Crippen molar-refractivity contribution in [2.45, 2.75) is 38.5 Å². The number of nitrogens with one attached hydrogen (secondary N) is 1. The first kappa shape index (κ1) is 14.3. The zero-order valence-electron chi connectivity index (χ0n) is 11.4. The second kappa shape index (κ2) is 6.35. The van der Waals surface area contributed by atoms with Crippen LogP contribution in [-0.2, 0) is 10.0 Å². The molecule has 2 fully saturated rings. The van der Waals surface area contributed by atoms with Gasteiger partial charge in [-0.3, -0.25) is 0 Å². The van der Waals surface area contributed by atoms with Crippen LogP contribution in [0.5, 0.6) is 0 Å². The summed E-state index contributed by atoms with van der Waals surface area (Å²) in [7, 11) is -1.03. The second-order valence-corrected chi connectivity index (χ2v) is 7.84. The Morgan fingerprint density at radius 3 is 2.22 bits per heavy atom. The van der Waals surface area contributed by atoms with Crippen LogP contribution in [0, 0.1) is 11.8 Å². The molecule has 5 heteroatoms. The van der Waals surface area contributed by atoms with E-state index in [4.69, 9.17) is 0 Å². The Bertz CT molecular complexity index is 342. The fourth-order valence-corrected chi connectivity index (χ4v) is 5.17. The van der Waals surface area contributed by atoms with Crippen LogP contribution < -0.4 is 5.32 Å². The molecule has 0 aromatic heterocycles. The lowest BCUT2D eigenvalue weighted by Gasteiger charge is -2.31. The molecule has 0 bridgehead atoms. The van der Waals surface area contributed by atoms with E-state index in [0.29, 0.717) is 17.6 Å². The molecule has 1 aliphatic carbocycles. The van der Waals surface area contributed by atoms with E-state index in [1.165, 1.54) is 12.8 Å². The molecule has 1 saturated heterocycles. The van der Waals surface area contributed by atoms with Crippen LogP contribution >= 0.6 is 0 Å². The Kier molecular flexibility index (Phi) is 5.04. The molecule has 0 aromatic carbocycles. The van der Waals surface area contributed by atoms with Crippen molar-refractivity contribution >= 4 is 10.0 Å². The smallest absolute Gasteiger partial charge is 0.214 e. The van der Waals surface area contributed by atoms with E-state index in [9.17, 15) is 8.42 Å². The maximum atomic E-state index is 12.3. The lowest BCUT2D eigenvalue weighted by atomic mass is 9.98. The van der Waals surface area contributed by atoms with E-state index < -0.39 is 10.0 Å². The minimum Gasteiger partial charge on any atom is -0.319 e. The first-order chi connectivity index (χ1) is 8.62. The van der Waals surface area contributed by atoms with E-state index in [0.717, 1.165) is 45.3 Å². The Morgan fingerprint density at radius 1 is 1.06 bits per heavy atom. The Balaban J connectivity index is 1.83. The van der Waals surface area contributed by atoms with Gasteiger partial charge >= 0.3 is 0 Å². The summed E-state index contributed by atoms with van der Waals surface area (Å²) in [5.74, 6) is 1.46. The van der Waals surface area contributed by atoms with Crippen molar-refractivity contribution in [3.8, 4) is 0 Å². The third-order valence-corrected chi connectivity index (χ3v) is 6.43. The average molecular weight is 274 g/mol. The van der Waals surface area contributed by atoms with E-state index in [1.54, 1.807) is 4.31 Å². The Labute approximate surface area is 111 Å². The summed E-state index contributed by atoms with van der Waals surface area (Å²) in [5.41, 5.74) is 0. The normalized spacial score (nSPS) is 24.7. The maximum Gasteiger partial charge on any atom is 0.214 e. The lowest BCUT2D eigenvalue weighted by molar-refractivity contribution is 0.269. The molecule has 1 N–H and O–H groups in total. The monoisotopic (exact) mass is 274 g/mol. The van der Waals surface area contributed by atoms with E-state index in [-0.39, 0.29) is 0 Å². The number of hydrogen-bond donors (Lipinski definition) is 1. The predicted octanol–water partition coefficient (Wildman–Crippen LogP) is 1.44. The van der Waals surface area contributed by atoms with Gasteiger partial charge in [-0.2, -0.15) is 0 Å². The zero-order valence-corrected chi connectivity index (χ0v) is 12.2. The first-order valence-corrected chi connectivity index (χ1v) is 8.85. The van der Waals surface area contributed by atoms with E-state index in [2.05, 4.69) is 5.32 Å². The minimum absolute atomic E-state index is 0.393. The van der Waals surface area contributed by atoms with Gasteiger partial charge in [-0.05, 0) is 51.1 Å². The van der Waals surface area contributed by atoms with Crippen molar-refractivity contribution in [3.05, 3.63) is 0 Å². The summed E-state index contributed by atoms with van der Waals surface area (Å²) in [6, 6.07) is 0. The van der Waals surface area contributed by atoms with Crippen LogP contribution in [0.2, 0.25) is 0 Å². The topological polar surface area (TPSA) is 49.4 Å². The largest absolute Gasteiger partial charge is 0.319 e. The van der Waals surface area contributed by atoms with Crippen molar-refractivity contribution in [1.82, 2.24) is 9.62 Å². The fraction of sp³-hybridized carbons (Fsp3) is 1.00. The maximum absolute atomic E-state index is 12.3. The van der Waals surface area contributed by atoms with Gasteiger partial charge in [0.2, 0.25) is 10.0 Å². The molecule has 18 heavy (non-hydrogen) atoms. The van der Waals surface area contributed by atoms with Crippen LogP contribution in [0.4, 0.5) is 0 Å². The Hall–Kier alpha value is -0.130. The molecule has 2 aliphatic rings. The predicted molar refractivity (Wildman–Crippen MR) is 74.0 cm³/mol. The highest BCUT2D eigenvalue weighted by molar-refractivity contribution is 7.89. The molecule has 0 unspecified atom stereocenters. The molecule has 0 amide bonds. The zero-order chi connectivity index (χ0) is 13.0. The van der Waals surface area contributed by atoms with Crippen molar-refractivity contribution in [3.63, 3.8) is 0 Å². The molecule has 2 rings (SSSR count). The molecule has 1 aliphatic heterocycles. The fourth-order valence-electron chi connectivity index (χ4n) is 3.26. The molecule has 0 aromatic rings. The summed E-state index contributed by atoms with van der Waals surface area (Å²) in [4.78, 5) is 0. The number of rotatable bonds is 5. The summed E-state index contributed by atoms with van der Waals surface area (Å²) in [6.45, 7) is 2.46. The van der Waals surface area contributed by atoms with Gasteiger partial charge < -0.3 is 5.32 Å². The van der Waals surface area contributed by atoms with Gasteiger partial charge in [0.1, 0.15) is 0 Å². The molecule has 0 atom stereocenters. The van der Waals surface area contributed by atoms with Gasteiger partial charge in [-0.1, -0.05) is 12.8 Å². The van der Waals surface area contributed by atoms with E-state index >= 15 is 0 Å². The lowest BCUT2D eigenvalue weighted by Crippen LogP contribution is -2.42. The van der Waals surface area contributed by atoms with Gasteiger partial charge in [-0.25, -0.2) is 12.7 Å². The van der Waals surface area contributed by atoms with Crippen molar-refractivity contribution in [2.24, 2.45) is 11.8 Å². The molecule has 0 radical (unpaired) electrons. The number of sulfonamides is 1. The van der Waals surface area contributed by atoms with Gasteiger partial charge in [0.15, 0.2) is 0 Å². The first-order valence-electron chi connectivity index (χ1n) is 7.24. The summed E-state index contributed by atoms with van der Waals surface area (Å²) in [5, 5.41) is 3.18. The molecule has 0 spiro atoms. The highest BCUT2D eigenvalue weighted by Gasteiger charge is 2.30. The van der Waals surface area contributed by atoms with Crippen molar-refractivity contribution in [1.29, 1.82) is 0 Å². The van der Waals surface area contributed by atoms with Gasteiger partial charge in [-0.15, -0.1) is 0 Å². The number of piperidine rings is 1. The second-order valence-electron chi connectivity index (χ2n) is 5.83. The van der Waals surface area contributed by atoms with E-state index in [1.807, 2.05) is 7.05 Å². The van der Waals surface area contributed by atoms with Gasteiger partial charge in [0, 0.05) is 13.1 Å². The third-order valence-electron chi connectivity index (χ3n) is 4.38. The minimum atomic E-state index is -2.99. The molecular formula is C13H26N2O2S. The third kappa shape index (κ3) is 3.68. The highest BCUT2D eigenvalue weighted by atomic mass is 32.2. The van der Waals surface area contributed by atoms with Crippen LogP contribution in [0.3, 0.4) is 0 Å². The van der Waals surface area contributed by atoms with Crippen LogP contribution in [0.25, 0.3) is 0 Å². The number of nitrogens with zero attached hydrogens (tertiary/aromatic N) is 1. The number of hydrogen-bond acceptors (Lipinski definition) is 3. The quantitative estimate of drug-likeness (QED) is 0.825. The summed E-state index contributed by atoms with van der Waals surface area (Å²) >= 11 is 0. The standard InChI is InChI=1S/C13H26N2O2S/c1-14-10-12-6-8-15(9-7-12)18(16,17)11-13-4-2-3-5-13/h12-14H,2-11H2,1H3. The molecule has 106 valence electrons. The molecular weight excluding hydrogens is 248 g/mol. The summed E-state index contributed by atoms with van der Waals surface area (Å²) in [6.07, 6.45) is 6.65. The van der Waals surface area contributed by atoms with Crippen LogP contribution in [0.15, 0.2) is 0 Å². The van der Waals surface area contributed by atoms with Gasteiger partial charge in [0.25, 0.3) is 0 Å². The molecule has 1 saturated carbocycles. The van der Waals surface area contributed by atoms with Crippen LogP contribution in [0.1, 0.15) is 38.5 Å². The summed E-state index contributed by atoms with van der Waals surface area (Å²) < 4.78 is 26.4. The Morgan fingerprint density at radius 2 is 1.67 bits per heavy atom. The van der Waals surface area contributed by atoms with Gasteiger partial charge in [0.05, 0.1) is 5.75 Å². The molecule has 4 nitrogen and oxygen atoms in total. The van der Waals surface area contributed by atoms with Crippen LogP contribution in [-0.4, -0.2) is 45.2 Å². The SMILES string of the molecule is CNCC1CCN(S(=O)(=O)CC2CCCC2)CC1. The van der Waals surface area contributed by atoms with Crippen molar-refractivity contribution < 1.29 is 8.42 Å². The van der Waals surface area contributed by atoms with Crippen molar-refractivity contribution in [2.75, 3.05) is 32.4 Å². The average Bonchev–Trinajstić information content (AvgIpc) is 2.82. The highest BCUT2D eigenvalue weighted by Crippen LogP contribution is 2.28.